The summed E-state index contributed by atoms with van der Waals surface area (Å²) in [6, 6.07) is 1.99. The van der Waals surface area contributed by atoms with Crippen LogP contribution < -0.4 is 5.32 Å². The Morgan fingerprint density at radius 1 is 1.44 bits per heavy atom. The Kier molecular flexibility index (Phi) is 4.02. The summed E-state index contributed by atoms with van der Waals surface area (Å²) in [7, 11) is 0. The van der Waals surface area contributed by atoms with Crippen LogP contribution in [0, 0.1) is 13.8 Å². The van der Waals surface area contributed by atoms with Crippen LogP contribution >= 0.6 is 22.9 Å². The molecule has 0 saturated heterocycles. The average molecular weight is 260 g/mol. The van der Waals surface area contributed by atoms with Crippen LogP contribution in [0.25, 0.3) is 0 Å². The summed E-state index contributed by atoms with van der Waals surface area (Å²) in [6.07, 6.45) is 0. The third kappa shape index (κ3) is 3.49. The number of aryl methyl sites for hydroxylation is 2. The molecule has 0 aliphatic heterocycles. The highest BCUT2D eigenvalue weighted by Crippen LogP contribution is 2.30. The Morgan fingerprint density at radius 3 is 2.38 bits per heavy atom. The number of rotatable bonds is 2. The number of halogens is 1. The molecule has 1 amide bonds. The fourth-order valence-corrected chi connectivity index (χ4v) is 2.79. The van der Waals surface area contributed by atoms with Crippen LogP contribution in [0.1, 0.15) is 41.5 Å². The highest BCUT2D eigenvalue weighted by atomic mass is 35.5. The number of alkyl halides is 1. The van der Waals surface area contributed by atoms with Crippen LogP contribution in [0.4, 0.5) is 0 Å². The first kappa shape index (κ1) is 13.5. The third-order valence-corrected chi connectivity index (χ3v) is 3.50. The van der Waals surface area contributed by atoms with Crippen LogP contribution in [-0.4, -0.2) is 11.4 Å². The van der Waals surface area contributed by atoms with Crippen LogP contribution in [-0.2, 0) is 4.79 Å². The highest BCUT2D eigenvalue weighted by Gasteiger charge is 2.24. The molecule has 1 aromatic heterocycles. The predicted octanol–water partition coefficient (Wildman–Crippen LogP) is 3.56. The van der Waals surface area contributed by atoms with E-state index in [9.17, 15) is 4.79 Å². The number of hydrogen-bond acceptors (Lipinski definition) is 2. The molecule has 0 saturated carbocycles. The molecule has 1 aromatic rings. The second kappa shape index (κ2) is 4.76. The van der Waals surface area contributed by atoms with E-state index in [4.69, 9.17) is 11.6 Å². The second-order valence-electron chi connectivity index (χ2n) is 4.97. The SMILES string of the molecule is Cc1cc(C(Cl)C(=O)NC(C)(C)C)c(C)s1. The van der Waals surface area contributed by atoms with Gasteiger partial charge in [-0.15, -0.1) is 22.9 Å². The van der Waals surface area contributed by atoms with Gasteiger partial charge in [0.15, 0.2) is 0 Å². The van der Waals surface area contributed by atoms with Crippen LogP contribution in [0.3, 0.4) is 0 Å². The van der Waals surface area contributed by atoms with Crippen molar-refractivity contribution in [3.63, 3.8) is 0 Å². The van der Waals surface area contributed by atoms with Gasteiger partial charge in [-0.2, -0.15) is 0 Å². The molecular formula is C12H18ClNOS. The first-order chi connectivity index (χ1) is 7.20. The largest absolute Gasteiger partial charge is 0.350 e. The summed E-state index contributed by atoms with van der Waals surface area (Å²) >= 11 is 7.84. The molecule has 0 aromatic carbocycles. The quantitative estimate of drug-likeness (QED) is 0.809. The minimum atomic E-state index is -0.593. The van der Waals surface area contributed by atoms with E-state index in [1.807, 2.05) is 40.7 Å². The molecule has 1 unspecified atom stereocenters. The summed E-state index contributed by atoms with van der Waals surface area (Å²) in [4.78, 5) is 14.2. The Bertz CT molecular complexity index is 392. The number of hydrogen-bond donors (Lipinski definition) is 1. The molecule has 1 atom stereocenters. The Hall–Kier alpha value is -0.540. The molecule has 1 rings (SSSR count). The number of carbonyl (C=O) groups is 1. The fraction of sp³-hybridized carbons (Fsp3) is 0.583. The van der Waals surface area contributed by atoms with E-state index >= 15 is 0 Å². The van der Waals surface area contributed by atoms with Crippen LogP contribution in [0.15, 0.2) is 6.07 Å². The van der Waals surface area contributed by atoms with Crippen LogP contribution in [0.2, 0.25) is 0 Å². The van der Waals surface area contributed by atoms with Gasteiger partial charge in [-0.3, -0.25) is 4.79 Å². The smallest absolute Gasteiger partial charge is 0.243 e. The predicted molar refractivity (Wildman–Crippen MR) is 70.3 cm³/mol. The number of nitrogens with one attached hydrogen (secondary N) is 1. The van der Waals surface area contributed by atoms with E-state index in [2.05, 4.69) is 5.32 Å². The monoisotopic (exact) mass is 259 g/mol. The van der Waals surface area contributed by atoms with Gasteiger partial charge in [0.05, 0.1) is 0 Å². The molecule has 0 aliphatic rings. The van der Waals surface area contributed by atoms with Crippen molar-refractivity contribution in [2.75, 3.05) is 0 Å². The highest BCUT2D eigenvalue weighted by molar-refractivity contribution is 7.12. The zero-order valence-corrected chi connectivity index (χ0v) is 11.9. The molecule has 2 nitrogen and oxygen atoms in total. The van der Waals surface area contributed by atoms with Gasteiger partial charge in [-0.25, -0.2) is 0 Å². The summed E-state index contributed by atoms with van der Waals surface area (Å²) in [6.45, 7) is 9.85. The number of amides is 1. The van der Waals surface area contributed by atoms with Crippen molar-refractivity contribution in [3.05, 3.63) is 21.4 Å². The molecule has 0 bridgehead atoms. The van der Waals surface area contributed by atoms with Crippen molar-refractivity contribution in [1.29, 1.82) is 0 Å². The van der Waals surface area contributed by atoms with E-state index < -0.39 is 5.38 Å². The molecule has 1 heterocycles. The fourth-order valence-electron chi connectivity index (χ4n) is 1.48. The summed E-state index contributed by atoms with van der Waals surface area (Å²) in [5, 5.41) is 2.29. The van der Waals surface area contributed by atoms with E-state index in [0.717, 1.165) is 10.4 Å². The normalized spacial score (nSPS) is 13.6. The van der Waals surface area contributed by atoms with Gasteiger partial charge in [-0.05, 0) is 46.2 Å². The molecule has 90 valence electrons. The van der Waals surface area contributed by atoms with Crippen molar-refractivity contribution >= 4 is 28.8 Å². The van der Waals surface area contributed by atoms with Gasteiger partial charge in [0.1, 0.15) is 5.38 Å². The topological polar surface area (TPSA) is 29.1 Å². The summed E-state index contributed by atoms with van der Waals surface area (Å²) in [5.41, 5.74) is 0.675. The van der Waals surface area contributed by atoms with Crippen molar-refractivity contribution in [3.8, 4) is 0 Å². The molecule has 0 fully saturated rings. The molecule has 0 radical (unpaired) electrons. The van der Waals surface area contributed by atoms with Gasteiger partial charge in [0.2, 0.25) is 5.91 Å². The van der Waals surface area contributed by atoms with Gasteiger partial charge in [0.25, 0.3) is 0 Å². The zero-order chi connectivity index (χ0) is 12.5. The van der Waals surface area contributed by atoms with Crippen molar-refractivity contribution in [1.82, 2.24) is 5.32 Å². The first-order valence-electron chi connectivity index (χ1n) is 5.24. The lowest BCUT2D eigenvalue weighted by molar-refractivity contribution is -0.122. The number of carbonyl (C=O) groups excluding carboxylic acids is 1. The molecule has 0 spiro atoms. The lowest BCUT2D eigenvalue weighted by atomic mass is 10.1. The van der Waals surface area contributed by atoms with E-state index in [1.54, 1.807) is 11.3 Å². The van der Waals surface area contributed by atoms with Crippen molar-refractivity contribution in [2.45, 2.75) is 45.5 Å². The van der Waals surface area contributed by atoms with Gasteiger partial charge in [0, 0.05) is 15.3 Å². The van der Waals surface area contributed by atoms with Crippen molar-refractivity contribution in [2.24, 2.45) is 0 Å². The lowest BCUT2D eigenvalue weighted by Gasteiger charge is -2.22. The molecule has 0 aliphatic carbocycles. The third-order valence-electron chi connectivity index (χ3n) is 2.08. The standard InChI is InChI=1S/C12H18ClNOS/c1-7-6-9(8(2)16-7)10(13)11(15)14-12(3,4)5/h6,10H,1-5H3,(H,14,15). The van der Waals surface area contributed by atoms with Gasteiger partial charge < -0.3 is 5.32 Å². The maximum atomic E-state index is 11.9. The minimum Gasteiger partial charge on any atom is -0.350 e. The lowest BCUT2D eigenvalue weighted by Crippen LogP contribution is -2.42. The van der Waals surface area contributed by atoms with E-state index in [-0.39, 0.29) is 11.4 Å². The molecular weight excluding hydrogens is 242 g/mol. The van der Waals surface area contributed by atoms with E-state index in [1.165, 1.54) is 4.88 Å². The first-order valence-corrected chi connectivity index (χ1v) is 6.49. The second-order valence-corrected chi connectivity index (χ2v) is 6.87. The minimum absolute atomic E-state index is 0.130. The molecule has 4 heteroatoms. The maximum absolute atomic E-state index is 11.9. The zero-order valence-electron chi connectivity index (χ0n) is 10.3. The maximum Gasteiger partial charge on any atom is 0.243 e. The average Bonchev–Trinajstić information content (AvgIpc) is 2.41. The van der Waals surface area contributed by atoms with Gasteiger partial charge in [-0.1, -0.05) is 0 Å². The summed E-state index contributed by atoms with van der Waals surface area (Å²) < 4.78 is 0. The van der Waals surface area contributed by atoms with Crippen molar-refractivity contribution < 1.29 is 4.79 Å². The molecule has 1 N–H and O–H groups in total. The Labute approximate surface area is 106 Å². The Morgan fingerprint density at radius 2 is 2.00 bits per heavy atom. The summed E-state index contributed by atoms with van der Waals surface area (Å²) in [5.74, 6) is -0.130. The van der Waals surface area contributed by atoms with Gasteiger partial charge >= 0.3 is 0 Å². The molecule has 16 heavy (non-hydrogen) atoms. The number of thiophene rings is 1. The Balaban J connectivity index is 2.82. The van der Waals surface area contributed by atoms with E-state index in [0.29, 0.717) is 0 Å². The van der Waals surface area contributed by atoms with Crippen LogP contribution in [0.5, 0.6) is 0 Å².